The molecular weight excluding hydrogens is 346 g/mol. The van der Waals surface area contributed by atoms with E-state index >= 15 is 0 Å². The van der Waals surface area contributed by atoms with Crippen molar-refractivity contribution in [3.05, 3.63) is 11.7 Å². The zero-order valence-electron chi connectivity index (χ0n) is 16.1. The van der Waals surface area contributed by atoms with Gasteiger partial charge < -0.3 is 14.7 Å². The highest BCUT2D eigenvalue weighted by Gasteiger charge is 2.44. The van der Waals surface area contributed by atoms with Crippen LogP contribution in [-0.2, 0) is 11.3 Å². The number of likely N-dealkylation sites (tertiary alicyclic amines) is 2. The quantitative estimate of drug-likeness (QED) is 0.859. The van der Waals surface area contributed by atoms with E-state index in [2.05, 4.69) is 25.3 Å². The maximum atomic E-state index is 12.5. The molecule has 1 aromatic rings. The maximum Gasteiger partial charge on any atom is 0.292 e. The molecule has 3 heterocycles. The van der Waals surface area contributed by atoms with Crippen molar-refractivity contribution in [2.24, 2.45) is 5.41 Å². The first kappa shape index (κ1) is 18.4. The second kappa shape index (κ2) is 7.58. The van der Waals surface area contributed by atoms with Crippen LogP contribution in [0.1, 0.15) is 67.9 Å². The fourth-order valence-corrected chi connectivity index (χ4v) is 5.09. The number of carbonyl (C=O) groups is 2. The van der Waals surface area contributed by atoms with E-state index in [4.69, 9.17) is 4.52 Å². The molecule has 148 valence electrons. The Labute approximate surface area is 159 Å². The highest BCUT2D eigenvalue weighted by molar-refractivity contribution is 5.89. The van der Waals surface area contributed by atoms with Gasteiger partial charge in [0.15, 0.2) is 0 Å². The van der Waals surface area contributed by atoms with E-state index in [1.54, 1.807) is 7.05 Å². The minimum atomic E-state index is -0.335. The summed E-state index contributed by atoms with van der Waals surface area (Å²) in [5.74, 6) is 0.565. The Morgan fingerprint density at radius 2 is 2.07 bits per heavy atom. The van der Waals surface area contributed by atoms with Crippen LogP contribution in [0, 0.1) is 5.41 Å². The van der Waals surface area contributed by atoms with E-state index in [1.165, 1.54) is 19.3 Å². The van der Waals surface area contributed by atoms with Crippen molar-refractivity contribution < 1.29 is 14.1 Å². The van der Waals surface area contributed by atoms with Crippen LogP contribution in [0.3, 0.4) is 0 Å². The first-order valence-corrected chi connectivity index (χ1v) is 10.2. The van der Waals surface area contributed by atoms with Crippen LogP contribution in [0.4, 0.5) is 0 Å². The van der Waals surface area contributed by atoms with Gasteiger partial charge in [-0.1, -0.05) is 18.0 Å². The number of piperidine rings is 2. The van der Waals surface area contributed by atoms with E-state index in [9.17, 15) is 9.59 Å². The van der Waals surface area contributed by atoms with Gasteiger partial charge in [0.1, 0.15) is 0 Å². The lowest BCUT2D eigenvalue weighted by atomic mass is 9.73. The summed E-state index contributed by atoms with van der Waals surface area (Å²) >= 11 is 0. The molecule has 27 heavy (non-hydrogen) atoms. The van der Waals surface area contributed by atoms with Gasteiger partial charge in [-0.05, 0) is 38.6 Å². The van der Waals surface area contributed by atoms with Crippen molar-refractivity contribution in [2.75, 3.05) is 26.7 Å². The Bertz CT molecular complexity index is 699. The first-order chi connectivity index (χ1) is 13.1. The lowest BCUT2D eigenvalue weighted by Gasteiger charge is -2.49. The highest BCUT2D eigenvalue weighted by Crippen LogP contribution is 2.41. The predicted octanol–water partition coefficient (Wildman–Crippen LogP) is 1.58. The summed E-state index contributed by atoms with van der Waals surface area (Å²) in [7, 11) is 1.55. The second-order valence-corrected chi connectivity index (χ2v) is 8.36. The van der Waals surface area contributed by atoms with Gasteiger partial charge in [0.25, 0.3) is 11.7 Å². The third kappa shape index (κ3) is 3.85. The van der Waals surface area contributed by atoms with Gasteiger partial charge in [-0.25, -0.2) is 0 Å². The standard InChI is InChI=1S/C19H29N5O3/c1-20-18(26)17-21-15(27-22-17)11-23-10-4-8-19(12-23)9-7-16(25)24(13-19)14-5-2-3-6-14/h14H,2-13H2,1H3,(H,20,26). The van der Waals surface area contributed by atoms with Crippen LogP contribution >= 0.6 is 0 Å². The summed E-state index contributed by atoms with van der Waals surface area (Å²) in [6, 6.07) is 0.455. The number of rotatable bonds is 4. The number of hydrogen-bond acceptors (Lipinski definition) is 6. The van der Waals surface area contributed by atoms with Crippen LogP contribution in [0.25, 0.3) is 0 Å². The molecule has 0 aromatic carbocycles. The molecular formula is C19H29N5O3. The van der Waals surface area contributed by atoms with E-state index in [0.717, 1.165) is 45.3 Å². The SMILES string of the molecule is CNC(=O)c1noc(CN2CCCC3(CCC(=O)N(C4CCCC4)C3)C2)n1. The van der Waals surface area contributed by atoms with Gasteiger partial charge in [-0.3, -0.25) is 14.5 Å². The summed E-state index contributed by atoms with van der Waals surface area (Å²) in [4.78, 5) is 32.9. The monoisotopic (exact) mass is 375 g/mol. The molecule has 2 amide bonds. The van der Waals surface area contributed by atoms with Gasteiger partial charge >= 0.3 is 0 Å². The van der Waals surface area contributed by atoms with Crippen molar-refractivity contribution in [3.63, 3.8) is 0 Å². The number of nitrogens with one attached hydrogen (secondary N) is 1. The Kier molecular flexibility index (Phi) is 5.16. The highest BCUT2D eigenvalue weighted by atomic mass is 16.5. The summed E-state index contributed by atoms with van der Waals surface area (Å²) in [6.45, 7) is 3.38. The van der Waals surface area contributed by atoms with Crippen molar-refractivity contribution >= 4 is 11.8 Å². The molecule has 1 aromatic heterocycles. The third-order valence-electron chi connectivity index (χ3n) is 6.46. The summed E-state index contributed by atoms with van der Waals surface area (Å²) in [5.41, 5.74) is 0.179. The van der Waals surface area contributed by atoms with Crippen molar-refractivity contribution in [2.45, 2.75) is 64.0 Å². The number of amides is 2. The normalized spacial score (nSPS) is 27.4. The molecule has 3 aliphatic rings. The van der Waals surface area contributed by atoms with Gasteiger partial charge in [0.2, 0.25) is 11.8 Å². The molecule has 8 heteroatoms. The first-order valence-electron chi connectivity index (χ1n) is 10.2. The molecule has 4 rings (SSSR count). The Balaban J connectivity index is 1.41. The number of carbonyl (C=O) groups excluding carboxylic acids is 2. The predicted molar refractivity (Wildman–Crippen MR) is 97.8 cm³/mol. The van der Waals surface area contributed by atoms with Gasteiger partial charge in [0, 0.05) is 38.0 Å². The lowest BCUT2D eigenvalue weighted by molar-refractivity contribution is -0.142. The van der Waals surface area contributed by atoms with Crippen molar-refractivity contribution in [1.82, 2.24) is 25.3 Å². The largest absolute Gasteiger partial charge is 0.352 e. The van der Waals surface area contributed by atoms with Crippen molar-refractivity contribution in [1.29, 1.82) is 0 Å². The molecule has 1 spiro atoms. The summed E-state index contributed by atoms with van der Waals surface area (Å²) < 4.78 is 5.26. The molecule has 1 aliphatic carbocycles. The Morgan fingerprint density at radius 3 is 2.85 bits per heavy atom. The van der Waals surface area contributed by atoms with Gasteiger partial charge in [0.05, 0.1) is 6.54 Å². The van der Waals surface area contributed by atoms with Crippen LogP contribution in [0.15, 0.2) is 4.52 Å². The van der Waals surface area contributed by atoms with Crippen LogP contribution in [-0.4, -0.2) is 64.5 Å². The number of aromatic nitrogens is 2. The Morgan fingerprint density at radius 1 is 1.26 bits per heavy atom. The average Bonchev–Trinajstić information content (AvgIpc) is 3.36. The molecule has 1 unspecified atom stereocenters. The fraction of sp³-hybridized carbons (Fsp3) is 0.789. The molecule has 2 saturated heterocycles. The summed E-state index contributed by atoms with van der Waals surface area (Å²) in [5, 5.41) is 6.26. The summed E-state index contributed by atoms with van der Waals surface area (Å²) in [6.07, 6.45) is 8.75. The smallest absolute Gasteiger partial charge is 0.292 e. The molecule has 8 nitrogen and oxygen atoms in total. The zero-order chi connectivity index (χ0) is 18.9. The molecule has 1 saturated carbocycles. The van der Waals surface area contributed by atoms with Crippen LogP contribution in [0.2, 0.25) is 0 Å². The molecule has 3 fully saturated rings. The molecule has 2 aliphatic heterocycles. The van der Waals surface area contributed by atoms with Crippen molar-refractivity contribution in [3.8, 4) is 0 Å². The van der Waals surface area contributed by atoms with Gasteiger partial charge in [-0.2, -0.15) is 4.98 Å². The number of hydrogen-bond donors (Lipinski definition) is 1. The van der Waals surface area contributed by atoms with E-state index < -0.39 is 0 Å². The van der Waals surface area contributed by atoms with E-state index in [-0.39, 0.29) is 17.1 Å². The molecule has 0 bridgehead atoms. The Hall–Kier alpha value is -1.96. The molecule has 0 radical (unpaired) electrons. The molecule has 1 N–H and O–H groups in total. The minimum Gasteiger partial charge on any atom is -0.352 e. The maximum absolute atomic E-state index is 12.5. The topological polar surface area (TPSA) is 91.6 Å². The average molecular weight is 375 g/mol. The minimum absolute atomic E-state index is 0.0786. The third-order valence-corrected chi connectivity index (χ3v) is 6.46. The zero-order valence-corrected chi connectivity index (χ0v) is 16.1. The molecule has 1 atom stereocenters. The van der Waals surface area contributed by atoms with Crippen LogP contribution < -0.4 is 5.32 Å². The number of nitrogens with zero attached hydrogens (tertiary/aromatic N) is 4. The van der Waals surface area contributed by atoms with E-state index in [1.807, 2.05) is 0 Å². The second-order valence-electron chi connectivity index (χ2n) is 8.36. The van der Waals surface area contributed by atoms with Gasteiger partial charge in [-0.15, -0.1) is 0 Å². The fourth-order valence-electron chi connectivity index (χ4n) is 5.09. The van der Waals surface area contributed by atoms with E-state index in [0.29, 0.717) is 30.8 Å². The lowest BCUT2D eigenvalue weighted by Crippen LogP contribution is -2.55. The van der Waals surface area contributed by atoms with Crippen LogP contribution in [0.5, 0.6) is 0 Å².